The fourth-order valence-corrected chi connectivity index (χ4v) is 0.0943. The van der Waals surface area contributed by atoms with Crippen LogP contribution in [0.3, 0.4) is 0 Å². The standard InChI is InChI=1S/CH6B2O4/c4-1-2(5)3(6)7/h4-7H,1H2. The van der Waals surface area contributed by atoms with Gasteiger partial charge in [-0.3, -0.25) is 0 Å². The molecule has 0 aromatic heterocycles. The van der Waals surface area contributed by atoms with Gasteiger partial charge >= 0.3 is 13.8 Å². The van der Waals surface area contributed by atoms with Crippen LogP contribution in [-0.4, -0.2) is 40.5 Å². The van der Waals surface area contributed by atoms with Crippen LogP contribution in [0.5, 0.6) is 0 Å². The van der Waals surface area contributed by atoms with Crippen LogP contribution in [0.25, 0.3) is 0 Å². The van der Waals surface area contributed by atoms with Gasteiger partial charge in [-0.05, 0) is 0 Å². The van der Waals surface area contributed by atoms with Gasteiger partial charge in [0.15, 0.2) is 0 Å². The molecule has 7 heavy (non-hydrogen) atoms. The van der Waals surface area contributed by atoms with Crippen LogP contribution in [0.2, 0.25) is 0 Å². The summed E-state index contributed by atoms with van der Waals surface area (Å²) >= 11 is 0. The van der Waals surface area contributed by atoms with E-state index in [1.54, 1.807) is 0 Å². The van der Waals surface area contributed by atoms with Crippen molar-refractivity contribution in [2.24, 2.45) is 0 Å². The first-order chi connectivity index (χ1) is 3.18. The van der Waals surface area contributed by atoms with Gasteiger partial charge < -0.3 is 20.2 Å². The number of aliphatic hydroxyl groups excluding tert-OH is 1. The second-order valence-corrected chi connectivity index (χ2v) is 1.16. The summed E-state index contributed by atoms with van der Waals surface area (Å²) in [5, 5.41) is 32.1. The smallest absolute Gasteiger partial charge is 0.442 e. The van der Waals surface area contributed by atoms with Crippen molar-refractivity contribution in [3.05, 3.63) is 0 Å². The molecule has 0 aliphatic rings. The number of hydrogen-bond donors (Lipinski definition) is 4. The zero-order valence-corrected chi connectivity index (χ0v) is 3.65. The topological polar surface area (TPSA) is 80.9 Å². The molecule has 40 valence electrons. The quantitative estimate of drug-likeness (QED) is 0.282. The molecule has 4 nitrogen and oxygen atoms in total. The molecule has 0 saturated heterocycles. The highest BCUT2D eigenvalue weighted by atomic mass is 16.4. The van der Waals surface area contributed by atoms with E-state index in [1.807, 2.05) is 0 Å². The van der Waals surface area contributed by atoms with Crippen LogP contribution in [-0.2, 0) is 0 Å². The zero-order chi connectivity index (χ0) is 5.86. The molecule has 0 saturated carbocycles. The highest BCUT2D eigenvalue weighted by molar-refractivity contribution is 7.11. The van der Waals surface area contributed by atoms with E-state index in [9.17, 15) is 0 Å². The van der Waals surface area contributed by atoms with Crippen molar-refractivity contribution in [2.75, 3.05) is 6.51 Å². The minimum Gasteiger partial charge on any atom is -0.450 e. The highest BCUT2D eigenvalue weighted by Crippen LogP contribution is 1.72. The maximum absolute atomic E-state index is 8.19. The first-order valence-corrected chi connectivity index (χ1v) is 1.83. The van der Waals surface area contributed by atoms with Crippen LogP contribution in [0.4, 0.5) is 0 Å². The molecule has 0 heterocycles. The summed E-state index contributed by atoms with van der Waals surface area (Å²) in [5.41, 5.74) is 0. The molecule has 0 bridgehead atoms. The molecule has 0 aromatic carbocycles. The van der Waals surface area contributed by atoms with Crippen molar-refractivity contribution < 1.29 is 20.2 Å². The van der Waals surface area contributed by atoms with E-state index in [1.165, 1.54) is 0 Å². The molecule has 0 spiro atoms. The van der Waals surface area contributed by atoms with Gasteiger partial charge in [0.1, 0.15) is 0 Å². The van der Waals surface area contributed by atoms with Crippen LogP contribution >= 0.6 is 0 Å². The summed E-state index contributed by atoms with van der Waals surface area (Å²) in [5.74, 6) is 0. The Morgan fingerprint density at radius 3 is 1.57 bits per heavy atom. The van der Waals surface area contributed by atoms with Crippen LogP contribution in [0.1, 0.15) is 0 Å². The fraction of sp³-hybridized carbons (Fsp3) is 1.00. The van der Waals surface area contributed by atoms with E-state index in [4.69, 9.17) is 20.2 Å². The number of aliphatic hydroxyl groups is 1. The summed E-state index contributed by atoms with van der Waals surface area (Å²) in [7, 11) is -1.83. The molecule has 0 atom stereocenters. The summed E-state index contributed by atoms with van der Waals surface area (Å²) < 4.78 is 0. The third-order valence-electron chi connectivity index (χ3n) is 0.531. The molecule has 4 N–H and O–H groups in total. The monoisotopic (exact) mass is 104 g/mol. The van der Waals surface area contributed by atoms with Crippen molar-refractivity contribution in [3.63, 3.8) is 0 Å². The van der Waals surface area contributed by atoms with E-state index in [0.29, 0.717) is 0 Å². The summed E-state index contributed by atoms with van der Waals surface area (Å²) in [6, 6.07) is 0. The van der Waals surface area contributed by atoms with Crippen molar-refractivity contribution in [2.45, 2.75) is 0 Å². The van der Waals surface area contributed by atoms with Gasteiger partial charge in [0, 0.05) is 6.51 Å². The molecule has 0 aliphatic carbocycles. The highest BCUT2D eigenvalue weighted by Gasteiger charge is 2.24. The van der Waals surface area contributed by atoms with Gasteiger partial charge in [0.05, 0.1) is 0 Å². The van der Waals surface area contributed by atoms with E-state index in [-0.39, 0.29) is 0 Å². The SMILES string of the molecule is OCB(O)B(O)O. The predicted octanol–water partition coefficient (Wildman–Crippen LogP) is -2.95. The second kappa shape index (κ2) is 3.04. The summed E-state index contributed by atoms with van der Waals surface area (Å²) in [6.45, 7) is -2.06. The number of hydrogen-bond acceptors (Lipinski definition) is 4. The summed E-state index contributed by atoms with van der Waals surface area (Å²) in [4.78, 5) is 0. The predicted molar refractivity (Wildman–Crippen MR) is 25.3 cm³/mol. The van der Waals surface area contributed by atoms with Crippen LogP contribution in [0, 0.1) is 0 Å². The molecule has 0 unspecified atom stereocenters. The Balaban J connectivity index is 3.14. The Kier molecular flexibility index (Phi) is 3.02. The largest absolute Gasteiger partial charge is 0.450 e. The maximum atomic E-state index is 8.19. The molecular formula is CH6B2O4. The fourth-order valence-electron chi connectivity index (χ4n) is 0.0943. The van der Waals surface area contributed by atoms with Crippen molar-refractivity contribution >= 4 is 13.8 Å². The third kappa shape index (κ3) is 2.64. The van der Waals surface area contributed by atoms with Crippen molar-refractivity contribution in [1.29, 1.82) is 0 Å². The van der Waals surface area contributed by atoms with E-state index in [2.05, 4.69) is 0 Å². The average Bonchev–Trinajstić information content (AvgIpc) is 1.65. The minimum atomic E-state index is -1.83. The Hall–Kier alpha value is -0.0301. The lowest BCUT2D eigenvalue weighted by Crippen LogP contribution is -2.39. The normalized spacial score (nSPS) is 8.57. The van der Waals surface area contributed by atoms with Gasteiger partial charge in [-0.1, -0.05) is 0 Å². The lowest BCUT2D eigenvalue weighted by molar-refractivity contribution is 0.334. The van der Waals surface area contributed by atoms with Crippen LogP contribution < -0.4 is 0 Å². The van der Waals surface area contributed by atoms with E-state index in [0.717, 1.165) is 0 Å². The zero-order valence-electron chi connectivity index (χ0n) is 3.65. The Labute approximate surface area is 41.6 Å². The maximum Gasteiger partial charge on any atom is 0.442 e. The molecule has 6 heteroatoms. The van der Waals surface area contributed by atoms with Gasteiger partial charge in [0.2, 0.25) is 0 Å². The molecule has 0 radical (unpaired) electrons. The Bertz CT molecular complexity index is 47.0. The number of rotatable bonds is 2. The molecule has 0 fully saturated rings. The Morgan fingerprint density at radius 1 is 1.14 bits per heavy atom. The first-order valence-electron chi connectivity index (χ1n) is 1.83. The molecule has 0 rings (SSSR count). The van der Waals surface area contributed by atoms with Crippen molar-refractivity contribution in [3.8, 4) is 0 Å². The van der Waals surface area contributed by atoms with Gasteiger partial charge in [-0.2, -0.15) is 0 Å². The molecule has 0 amide bonds. The third-order valence-corrected chi connectivity index (χ3v) is 0.531. The van der Waals surface area contributed by atoms with Crippen LogP contribution in [0.15, 0.2) is 0 Å². The second-order valence-electron chi connectivity index (χ2n) is 1.16. The van der Waals surface area contributed by atoms with Crippen molar-refractivity contribution in [1.82, 2.24) is 0 Å². The molecular weight excluding hydrogens is 97.6 g/mol. The molecule has 0 aromatic rings. The Morgan fingerprint density at radius 2 is 1.57 bits per heavy atom. The van der Waals surface area contributed by atoms with E-state index >= 15 is 0 Å². The van der Waals surface area contributed by atoms with Gasteiger partial charge in [-0.25, -0.2) is 0 Å². The average molecular weight is 104 g/mol. The van der Waals surface area contributed by atoms with Gasteiger partial charge in [-0.15, -0.1) is 0 Å². The first kappa shape index (κ1) is 6.97. The summed E-state index contributed by atoms with van der Waals surface area (Å²) in [6.07, 6.45) is 0. The van der Waals surface area contributed by atoms with E-state index < -0.39 is 20.3 Å². The lowest BCUT2D eigenvalue weighted by atomic mass is 9.38. The molecule has 0 aliphatic heterocycles. The minimum absolute atomic E-state index is 0.627. The lowest BCUT2D eigenvalue weighted by Gasteiger charge is -1.96. The van der Waals surface area contributed by atoms with Gasteiger partial charge in [0.25, 0.3) is 0 Å².